The highest BCUT2D eigenvalue weighted by molar-refractivity contribution is 5.43. The highest BCUT2D eigenvalue weighted by atomic mass is 19.3. The summed E-state index contributed by atoms with van der Waals surface area (Å²) in [6, 6.07) is 5.18. The average Bonchev–Trinajstić information content (AvgIpc) is 2.89. The van der Waals surface area contributed by atoms with Crippen molar-refractivity contribution in [3.05, 3.63) is 23.8 Å². The van der Waals surface area contributed by atoms with E-state index < -0.39 is 6.61 Å². The summed E-state index contributed by atoms with van der Waals surface area (Å²) >= 11 is 0. The van der Waals surface area contributed by atoms with E-state index in [0.29, 0.717) is 18.9 Å². The Morgan fingerprint density at radius 3 is 2.86 bits per heavy atom. The van der Waals surface area contributed by atoms with Gasteiger partial charge in [-0.15, -0.1) is 0 Å². The number of aliphatic hydroxyl groups is 1. The Morgan fingerprint density at radius 2 is 2.19 bits per heavy atom. The zero-order valence-corrected chi connectivity index (χ0v) is 12.1. The van der Waals surface area contributed by atoms with Crippen molar-refractivity contribution in [2.24, 2.45) is 0 Å². The molecule has 1 aliphatic heterocycles. The molecule has 0 saturated carbocycles. The minimum atomic E-state index is -2.87. The zero-order chi connectivity index (χ0) is 15.2. The molecule has 2 rings (SSSR count). The molecule has 0 aliphatic carbocycles. The van der Waals surface area contributed by atoms with E-state index >= 15 is 0 Å². The van der Waals surface area contributed by atoms with E-state index in [1.165, 1.54) is 6.07 Å². The van der Waals surface area contributed by atoms with Gasteiger partial charge in [-0.3, -0.25) is 4.90 Å². The Labute approximate surface area is 123 Å². The van der Waals surface area contributed by atoms with E-state index in [1.807, 2.05) is 0 Å². The molecule has 4 nitrogen and oxygen atoms in total. The van der Waals surface area contributed by atoms with Gasteiger partial charge < -0.3 is 14.6 Å². The largest absolute Gasteiger partial charge is 0.490 e. The lowest BCUT2D eigenvalue weighted by Gasteiger charge is -2.23. The summed E-state index contributed by atoms with van der Waals surface area (Å²) < 4.78 is 34.5. The van der Waals surface area contributed by atoms with Crippen molar-refractivity contribution in [3.63, 3.8) is 0 Å². The maximum Gasteiger partial charge on any atom is 0.387 e. The van der Waals surface area contributed by atoms with Gasteiger partial charge in [-0.2, -0.15) is 8.78 Å². The molecule has 0 amide bonds. The van der Waals surface area contributed by atoms with Gasteiger partial charge in [0.15, 0.2) is 11.5 Å². The van der Waals surface area contributed by atoms with E-state index in [9.17, 15) is 13.9 Å². The fourth-order valence-corrected chi connectivity index (χ4v) is 2.66. The first-order valence-corrected chi connectivity index (χ1v) is 7.19. The Hall–Kier alpha value is -1.40. The quantitative estimate of drug-likeness (QED) is 0.840. The number of hydrogen-bond acceptors (Lipinski definition) is 4. The third kappa shape index (κ3) is 4.28. The van der Waals surface area contributed by atoms with Crippen LogP contribution in [0.4, 0.5) is 8.78 Å². The monoisotopic (exact) mass is 301 g/mol. The Kier molecular flexibility index (Phi) is 5.76. The van der Waals surface area contributed by atoms with Gasteiger partial charge in [0.25, 0.3) is 0 Å². The predicted octanol–water partition coefficient (Wildman–Crippen LogP) is 2.64. The molecule has 0 radical (unpaired) electrons. The van der Waals surface area contributed by atoms with Crippen LogP contribution in [0.1, 0.15) is 25.3 Å². The second kappa shape index (κ2) is 7.56. The topological polar surface area (TPSA) is 41.9 Å². The smallest absolute Gasteiger partial charge is 0.387 e. The molecule has 21 heavy (non-hydrogen) atoms. The molecule has 1 atom stereocenters. The van der Waals surface area contributed by atoms with Gasteiger partial charge in [-0.1, -0.05) is 6.07 Å². The van der Waals surface area contributed by atoms with Crippen molar-refractivity contribution in [1.82, 2.24) is 4.90 Å². The van der Waals surface area contributed by atoms with E-state index in [-0.39, 0.29) is 18.4 Å². The maximum atomic E-state index is 12.4. The summed E-state index contributed by atoms with van der Waals surface area (Å²) in [5.74, 6) is 0.380. The number of hydrogen-bond donors (Lipinski definition) is 1. The van der Waals surface area contributed by atoms with Crippen LogP contribution in [-0.2, 0) is 6.54 Å². The zero-order valence-electron chi connectivity index (χ0n) is 12.1. The lowest BCUT2D eigenvalue weighted by Crippen LogP contribution is -2.31. The summed E-state index contributed by atoms with van der Waals surface area (Å²) in [5.41, 5.74) is 0.959. The molecular weight excluding hydrogens is 280 g/mol. The molecule has 1 saturated heterocycles. The van der Waals surface area contributed by atoms with Gasteiger partial charge in [0.2, 0.25) is 0 Å². The second-order valence-corrected chi connectivity index (χ2v) is 5.04. The molecule has 1 aliphatic rings. The number of benzene rings is 1. The van der Waals surface area contributed by atoms with Crippen LogP contribution in [0.15, 0.2) is 18.2 Å². The molecule has 1 N–H and O–H groups in total. The molecule has 1 aromatic carbocycles. The third-order valence-corrected chi connectivity index (χ3v) is 3.62. The second-order valence-electron chi connectivity index (χ2n) is 5.04. The predicted molar refractivity (Wildman–Crippen MR) is 74.8 cm³/mol. The molecule has 0 aromatic heterocycles. The van der Waals surface area contributed by atoms with Crippen LogP contribution in [0.3, 0.4) is 0 Å². The highest BCUT2D eigenvalue weighted by Crippen LogP contribution is 2.31. The lowest BCUT2D eigenvalue weighted by molar-refractivity contribution is -0.0514. The minimum Gasteiger partial charge on any atom is -0.490 e. The maximum absolute atomic E-state index is 12.4. The van der Waals surface area contributed by atoms with Gasteiger partial charge in [0, 0.05) is 12.6 Å². The highest BCUT2D eigenvalue weighted by Gasteiger charge is 2.24. The van der Waals surface area contributed by atoms with Crippen LogP contribution in [-0.4, -0.2) is 42.4 Å². The van der Waals surface area contributed by atoms with Crippen LogP contribution < -0.4 is 9.47 Å². The van der Waals surface area contributed by atoms with Crippen LogP contribution in [0.2, 0.25) is 0 Å². The van der Waals surface area contributed by atoms with Crippen LogP contribution in [0.5, 0.6) is 11.5 Å². The summed E-state index contributed by atoms with van der Waals surface area (Å²) in [6.07, 6.45) is 2.05. The van der Waals surface area contributed by atoms with Crippen molar-refractivity contribution in [2.45, 2.75) is 39.0 Å². The molecular formula is C15H21F2NO3. The first kappa shape index (κ1) is 16.0. The van der Waals surface area contributed by atoms with Crippen LogP contribution >= 0.6 is 0 Å². The molecule has 0 bridgehead atoms. The number of halogens is 2. The van der Waals surface area contributed by atoms with Crippen molar-refractivity contribution in [1.29, 1.82) is 0 Å². The van der Waals surface area contributed by atoms with E-state index in [4.69, 9.17) is 4.74 Å². The van der Waals surface area contributed by atoms with Gasteiger partial charge >= 0.3 is 6.61 Å². The fourth-order valence-electron chi connectivity index (χ4n) is 2.66. The molecule has 118 valence electrons. The Bertz CT molecular complexity index is 457. The summed E-state index contributed by atoms with van der Waals surface area (Å²) in [6.45, 7) is 1.05. The van der Waals surface area contributed by atoms with Gasteiger partial charge in [0.1, 0.15) is 0 Å². The van der Waals surface area contributed by atoms with Gasteiger partial charge in [-0.25, -0.2) is 0 Å². The van der Waals surface area contributed by atoms with Crippen LogP contribution in [0, 0.1) is 0 Å². The number of alkyl halides is 2. The van der Waals surface area contributed by atoms with E-state index in [0.717, 1.165) is 24.9 Å². The molecule has 0 unspecified atom stereocenters. The Morgan fingerprint density at radius 1 is 1.38 bits per heavy atom. The molecule has 0 spiro atoms. The standard InChI is InChI=1S/C15H21F2NO3/c1-2-20-14-8-11(5-6-13(14)21-15(16)17)9-18-7-3-4-12(18)10-19/h5-6,8,12,15,19H,2-4,7,9-10H2,1H3/t12-/m1/s1. The average molecular weight is 301 g/mol. The lowest BCUT2D eigenvalue weighted by atomic mass is 10.1. The van der Waals surface area contributed by atoms with Crippen LogP contribution in [0.25, 0.3) is 0 Å². The Balaban J connectivity index is 2.11. The van der Waals surface area contributed by atoms with Crippen molar-refractivity contribution in [2.75, 3.05) is 19.8 Å². The summed E-state index contributed by atoms with van der Waals surface area (Å²) in [5, 5.41) is 9.33. The van der Waals surface area contributed by atoms with E-state index in [2.05, 4.69) is 9.64 Å². The number of rotatable bonds is 7. The van der Waals surface area contributed by atoms with Crippen molar-refractivity contribution < 1.29 is 23.4 Å². The van der Waals surface area contributed by atoms with Gasteiger partial charge in [-0.05, 0) is 44.0 Å². The van der Waals surface area contributed by atoms with E-state index in [1.54, 1.807) is 19.1 Å². The van der Waals surface area contributed by atoms with Crippen molar-refractivity contribution in [3.8, 4) is 11.5 Å². The van der Waals surface area contributed by atoms with Crippen molar-refractivity contribution >= 4 is 0 Å². The molecule has 1 heterocycles. The molecule has 6 heteroatoms. The third-order valence-electron chi connectivity index (χ3n) is 3.62. The number of aliphatic hydroxyl groups excluding tert-OH is 1. The SMILES string of the molecule is CCOc1cc(CN2CCC[C@@H]2CO)ccc1OC(F)F. The molecule has 1 fully saturated rings. The number of nitrogens with zero attached hydrogens (tertiary/aromatic N) is 1. The first-order chi connectivity index (χ1) is 10.1. The summed E-state index contributed by atoms with van der Waals surface area (Å²) in [7, 11) is 0. The fraction of sp³-hybridized carbons (Fsp3) is 0.600. The number of likely N-dealkylation sites (tertiary alicyclic amines) is 1. The first-order valence-electron chi connectivity index (χ1n) is 7.19. The normalized spacial score (nSPS) is 19.2. The van der Waals surface area contributed by atoms with Gasteiger partial charge in [0.05, 0.1) is 13.2 Å². The minimum absolute atomic E-state index is 0.0516. The summed E-state index contributed by atoms with van der Waals surface area (Å²) in [4.78, 5) is 2.19. The molecule has 1 aromatic rings. The number of ether oxygens (including phenoxy) is 2.